The number of anilines is 2. The fourth-order valence-corrected chi connectivity index (χ4v) is 4.44. The van der Waals surface area contributed by atoms with Gasteiger partial charge >= 0.3 is 0 Å². The van der Waals surface area contributed by atoms with Gasteiger partial charge < -0.3 is 15.4 Å². The molecule has 2 heterocycles. The molecule has 0 bridgehead atoms. The fraction of sp³-hybridized carbons (Fsp3) is 0.214. The molecule has 0 spiro atoms. The van der Waals surface area contributed by atoms with Gasteiger partial charge in [0.1, 0.15) is 11.8 Å². The molecule has 0 aliphatic carbocycles. The van der Waals surface area contributed by atoms with Crippen molar-refractivity contribution < 1.29 is 9.53 Å². The van der Waals surface area contributed by atoms with Gasteiger partial charge in [0.05, 0.1) is 12.2 Å². The van der Waals surface area contributed by atoms with Crippen molar-refractivity contribution in [1.82, 2.24) is 20.2 Å². The first kappa shape index (κ1) is 23.3. The van der Waals surface area contributed by atoms with Gasteiger partial charge in [-0.15, -0.1) is 0 Å². The zero-order valence-electron chi connectivity index (χ0n) is 20.5. The number of nitrogens with one attached hydrogen (secondary N) is 2. The second kappa shape index (κ2) is 10.0. The van der Waals surface area contributed by atoms with E-state index in [-0.39, 0.29) is 5.91 Å². The van der Waals surface area contributed by atoms with E-state index in [0.717, 1.165) is 34.5 Å². The van der Waals surface area contributed by atoms with Crippen LogP contribution in [0, 0.1) is 13.8 Å². The highest BCUT2D eigenvalue weighted by atomic mass is 16.5. The maximum Gasteiger partial charge on any atom is 0.255 e. The van der Waals surface area contributed by atoms with Crippen molar-refractivity contribution in [2.75, 3.05) is 17.2 Å². The van der Waals surface area contributed by atoms with Crippen LogP contribution in [0.3, 0.4) is 0 Å². The number of aryl methyl sites for hydroxylation is 2. The number of ether oxygens (including phenoxy) is 1. The van der Waals surface area contributed by atoms with Crippen LogP contribution >= 0.6 is 0 Å². The van der Waals surface area contributed by atoms with E-state index in [1.165, 1.54) is 5.56 Å². The molecule has 1 unspecified atom stereocenters. The number of tetrazole rings is 1. The molecular formula is C28H28N6O2. The number of benzene rings is 3. The third kappa shape index (κ3) is 4.84. The standard InChI is InChI=1S/C28H28N6O2/c1-18-9-14-24(19(2)17-18)30-27(35)25-20(3)29-28-31-32-33-34(28)26(25)22-10-12-23(13-11-22)36-16-15-21-7-5-4-6-8-21/h4-14,17,26H,15-16H2,1-3H3,(H,30,35)(H,29,31,33). The molecule has 2 N–H and O–H groups in total. The van der Waals surface area contributed by atoms with Crippen molar-refractivity contribution in [3.63, 3.8) is 0 Å². The lowest BCUT2D eigenvalue weighted by Crippen LogP contribution is -2.31. The zero-order chi connectivity index (χ0) is 25.1. The van der Waals surface area contributed by atoms with Crippen molar-refractivity contribution in [1.29, 1.82) is 0 Å². The van der Waals surface area contributed by atoms with Gasteiger partial charge in [0.2, 0.25) is 5.95 Å². The SMILES string of the molecule is CC1=C(C(=O)Nc2ccc(C)cc2C)C(c2ccc(OCCc3ccccc3)cc2)n2nnnc2N1. The predicted octanol–water partition coefficient (Wildman–Crippen LogP) is 4.84. The van der Waals surface area contributed by atoms with Gasteiger partial charge in [-0.25, -0.2) is 0 Å². The number of carbonyl (C=O) groups excluding carboxylic acids is 1. The number of allylic oxidation sites excluding steroid dienone is 1. The summed E-state index contributed by atoms with van der Waals surface area (Å²) in [7, 11) is 0. The van der Waals surface area contributed by atoms with Crippen molar-refractivity contribution in [2.24, 2.45) is 0 Å². The van der Waals surface area contributed by atoms with Gasteiger partial charge in [-0.05, 0) is 66.1 Å². The fourth-order valence-electron chi connectivity index (χ4n) is 4.44. The molecule has 1 aliphatic heterocycles. The van der Waals surface area contributed by atoms with E-state index in [4.69, 9.17) is 4.74 Å². The highest BCUT2D eigenvalue weighted by Gasteiger charge is 2.34. The highest BCUT2D eigenvalue weighted by molar-refractivity contribution is 6.06. The van der Waals surface area contributed by atoms with Gasteiger partial charge in [0.25, 0.3) is 5.91 Å². The lowest BCUT2D eigenvalue weighted by atomic mass is 9.94. The molecule has 1 amide bonds. The Morgan fingerprint density at radius 1 is 1.03 bits per heavy atom. The first-order valence-corrected chi connectivity index (χ1v) is 11.9. The molecule has 3 aromatic carbocycles. The Kier molecular flexibility index (Phi) is 6.49. The van der Waals surface area contributed by atoms with Gasteiger partial charge in [-0.1, -0.05) is 65.3 Å². The van der Waals surface area contributed by atoms with Crippen LogP contribution in [0.25, 0.3) is 0 Å². The Balaban J connectivity index is 1.38. The first-order valence-electron chi connectivity index (χ1n) is 11.9. The molecular weight excluding hydrogens is 452 g/mol. The summed E-state index contributed by atoms with van der Waals surface area (Å²) in [6, 6.07) is 23.5. The molecule has 4 aromatic rings. The molecule has 0 fully saturated rings. The number of rotatable bonds is 7. The van der Waals surface area contributed by atoms with Gasteiger partial charge in [-0.3, -0.25) is 4.79 Å². The number of hydrogen-bond donors (Lipinski definition) is 2. The van der Waals surface area contributed by atoms with Crippen LogP contribution in [-0.2, 0) is 11.2 Å². The molecule has 1 aliphatic rings. The lowest BCUT2D eigenvalue weighted by Gasteiger charge is -2.28. The third-order valence-electron chi connectivity index (χ3n) is 6.29. The molecule has 0 radical (unpaired) electrons. The highest BCUT2D eigenvalue weighted by Crippen LogP contribution is 2.35. The van der Waals surface area contributed by atoms with E-state index < -0.39 is 6.04 Å². The van der Waals surface area contributed by atoms with Crippen LogP contribution in [0.15, 0.2) is 84.1 Å². The Hall–Kier alpha value is -4.46. The van der Waals surface area contributed by atoms with Gasteiger partial charge in [0, 0.05) is 17.8 Å². The molecule has 1 atom stereocenters. The van der Waals surface area contributed by atoms with E-state index >= 15 is 0 Å². The predicted molar refractivity (Wildman–Crippen MR) is 139 cm³/mol. The third-order valence-corrected chi connectivity index (χ3v) is 6.29. The summed E-state index contributed by atoms with van der Waals surface area (Å²) in [6.45, 7) is 6.46. The lowest BCUT2D eigenvalue weighted by molar-refractivity contribution is -0.113. The number of fused-ring (bicyclic) bond motifs is 1. The maximum atomic E-state index is 13.6. The summed E-state index contributed by atoms with van der Waals surface area (Å²) in [5, 5.41) is 18.3. The van der Waals surface area contributed by atoms with E-state index in [1.807, 2.05) is 81.4 Å². The van der Waals surface area contributed by atoms with Crippen LogP contribution in [0.2, 0.25) is 0 Å². The van der Waals surface area contributed by atoms with Gasteiger partial charge in [-0.2, -0.15) is 4.68 Å². The van der Waals surface area contributed by atoms with Crippen LogP contribution in [0.4, 0.5) is 11.6 Å². The molecule has 0 saturated heterocycles. The minimum atomic E-state index is -0.486. The Labute approximate surface area is 210 Å². The molecule has 0 saturated carbocycles. The smallest absolute Gasteiger partial charge is 0.255 e. The minimum Gasteiger partial charge on any atom is -0.493 e. The summed E-state index contributed by atoms with van der Waals surface area (Å²) >= 11 is 0. The van der Waals surface area contributed by atoms with Crippen molar-refractivity contribution >= 4 is 17.5 Å². The average molecular weight is 481 g/mol. The first-order chi connectivity index (χ1) is 17.5. The van der Waals surface area contributed by atoms with Crippen molar-refractivity contribution in [3.05, 3.63) is 106 Å². The van der Waals surface area contributed by atoms with Crippen LogP contribution in [-0.4, -0.2) is 32.7 Å². The molecule has 182 valence electrons. The molecule has 1 aromatic heterocycles. The van der Waals surface area contributed by atoms with Crippen molar-refractivity contribution in [2.45, 2.75) is 33.2 Å². The van der Waals surface area contributed by atoms with Gasteiger partial charge in [0.15, 0.2) is 0 Å². The quantitative estimate of drug-likeness (QED) is 0.393. The molecule has 5 rings (SSSR count). The summed E-state index contributed by atoms with van der Waals surface area (Å²) in [4.78, 5) is 13.6. The Bertz CT molecular complexity index is 1410. The summed E-state index contributed by atoms with van der Waals surface area (Å²) in [6.07, 6.45) is 0.829. The van der Waals surface area contributed by atoms with E-state index in [2.05, 4.69) is 38.3 Å². The number of carbonyl (C=O) groups is 1. The topological polar surface area (TPSA) is 94.0 Å². The normalized spacial score (nSPS) is 14.7. The van der Waals surface area contributed by atoms with E-state index in [9.17, 15) is 4.79 Å². The average Bonchev–Trinajstić information content (AvgIpc) is 3.34. The number of aromatic nitrogens is 4. The molecule has 8 heteroatoms. The largest absolute Gasteiger partial charge is 0.493 e. The second-order valence-corrected chi connectivity index (χ2v) is 8.94. The number of nitrogens with zero attached hydrogens (tertiary/aromatic N) is 4. The van der Waals surface area contributed by atoms with E-state index in [0.29, 0.717) is 23.8 Å². The Morgan fingerprint density at radius 2 is 1.81 bits per heavy atom. The zero-order valence-corrected chi connectivity index (χ0v) is 20.5. The number of hydrogen-bond acceptors (Lipinski definition) is 6. The minimum absolute atomic E-state index is 0.207. The molecule has 8 nitrogen and oxygen atoms in total. The molecule has 36 heavy (non-hydrogen) atoms. The summed E-state index contributed by atoms with van der Waals surface area (Å²) in [5.74, 6) is 1.05. The Morgan fingerprint density at radius 3 is 2.56 bits per heavy atom. The second-order valence-electron chi connectivity index (χ2n) is 8.94. The monoisotopic (exact) mass is 480 g/mol. The van der Waals surface area contributed by atoms with E-state index in [1.54, 1.807) is 4.68 Å². The summed E-state index contributed by atoms with van der Waals surface area (Å²) < 4.78 is 7.59. The van der Waals surface area contributed by atoms with Crippen LogP contribution < -0.4 is 15.4 Å². The maximum absolute atomic E-state index is 13.6. The summed E-state index contributed by atoms with van der Waals surface area (Å²) in [5.41, 5.74) is 6.28. The van der Waals surface area contributed by atoms with Crippen molar-refractivity contribution in [3.8, 4) is 5.75 Å². The number of amides is 1. The van der Waals surface area contributed by atoms with Crippen LogP contribution in [0.5, 0.6) is 5.75 Å². The van der Waals surface area contributed by atoms with Crippen LogP contribution in [0.1, 0.15) is 35.2 Å².